The second-order valence-electron chi connectivity index (χ2n) is 8.55. The van der Waals surface area contributed by atoms with E-state index in [1.54, 1.807) is 0 Å². The molecule has 0 atom stereocenters. The van der Waals surface area contributed by atoms with Gasteiger partial charge in [0.25, 0.3) is 5.91 Å². The summed E-state index contributed by atoms with van der Waals surface area (Å²) in [7, 11) is 0. The number of likely N-dealkylation sites (N-methyl/N-ethyl adjacent to an activating group) is 1. The van der Waals surface area contributed by atoms with Gasteiger partial charge in [-0.1, -0.05) is 31.2 Å². The molecule has 0 aliphatic carbocycles. The van der Waals surface area contributed by atoms with Crippen molar-refractivity contribution in [3.8, 4) is 5.69 Å². The number of rotatable bonds is 7. The van der Waals surface area contributed by atoms with E-state index in [-0.39, 0.29) is 5.91 Å². The van der Waals surface area contributed by atoms with Crippen LogP contribution >= 0.6 is 0 Å². The van der Waals surface area contributed by atoms with Crippen LogP contribution in [0.1, 0.15) is 39.8 Å². The van der Waals surface area contributed by atoms with Crippen LogP contribution in [0.3, 0.4) is 0 Å². The number of hydrogen-bond acceptors (Lipinski definition) is 4. The van der Waals surface area contributed by atoms with Crippen LogP contribution in [-0.2, 0) is 13.1 Å². The first-order chi connectivity index (χ1) is 15.5. The Hall–Kier alpha value is -2.96. The SMILES string of the molecule is CCN1CCN(Cc2ccccc2CNC(=O)c2ccc(-n3nc(C)cc3C)cc2)CC1. The summed E-state index contributed by atoms with van der Waals surface area (Å²) < 4.78 is 1.90. The monoisotopic (exact) mass is 431 g/mol. The van der Waals surface area contributed by atoms with Gasteiger partial charge < -0.3 is 10.2 Å². The normalized spacial score (nSPS) is 15.1. The van der Waals surface area contributed by atoms with Crippen molar-refractivity contribution < 1.29 is 4.79 Å². The topological polar surface area (TPSA) is 53.4 Å². The first-order valence-electron chi connectivity index (χ1n) is 11.5. The molecule has 2 heterocycles. The van der Waals surface area contributed by atoms with Crippen LogP contribution in [0.2, 0.25) is 0 Å². The van der Waals surface area contributed by atoms with Gasteiger partial charge in [-0.05, 0) is 61.9 Å². The molecule has 4 rings (SSSR count). The molecule has 0 saturated carbocycles. The van der Waals surface area contributed by atoms with Crippen molar-refractivity contribution in [1.29, 1.82) is 0 Å². The summed E-state index contributed by atoms with van der Waals surface area (Å²) in [5.74, 6) is -0.0590. The highest BCUT2D eigenvalue weighted by Gasteiger charge is 2.17. The summed E-state index contributed by atoms with van der Waals surface area (Å²) in [5, 5.41) is 7.60. The summed E-state index contributed by atoms with van der Waals surface area (Å²) in [6, 6.07) is 18.1. The molecule has 1 fully saturated rings. The van der Waals surface area contributed by atoms with Crippen LogP contribution in [0, 0.1) is 13.8 Å². The summed E-state index contributed by atoms with van der Waals surface area (Å²) in [4.78, 5) is 17.8. The molecule has 3 aromatic rings. The molecule has 0 bridgehead atoms. The minimum atomic E-state index is -0.0590. The third-order valence-electron chi connectivity index (χ3n) is 6.25. The van der Waals surface area contributed by atoms with E-state index in [1.807, 2.05) is 54.9 Å². The fraction of sp³-hybridized carbons (Fsp3) is 0.385. The maximum absolute atomic E-state index is 12.8. The number of amides is 1. The van der Waals surface area contributed by atoms with Crippen molar-refractivity contribution >= 4 is 5.91 Å². The largest absolute Gasteiger partial charge is 0.348 e. The van der Waals surface area contributed by atoms with Crippen molar-refractivity contribution in [2.75, 3.05) is 32.7 Å². The zero-order chi connectivity index (χ0) is 22.5. The van der Waals surface area contributed by atoms with E-state index in [4.69, 9.17) is 0 Å². The van der Waals surface area contributed by atoms with Gasteiger partial charge in [-0.3, -0.25) is 9.69 Å². The average Bonchev–Trinajstić information content (AvgIpc) is 3.16. The number of nitrogens with one attached hydrogen (secondary N) is 1. The van der Waals surface area contributed by atoms with Crippen LogP contribution in [0.25, 0.3) is 5.69 Å². The van der Waals surface area contributed by atoms with Gasteiger partial charge in [0.2, 0.25) is 0 Å². The maximum atomic E-state index is 12.8. The average molecular weight is 432 g/mol. The first-order valence-corrected chi connectivity index (χ1v) is 11.5. The van der Waals surface area contributed by atoms with Crippen LogP contribution in [-0.4, -0.2) is 58.2 Å². The molecule has 1 saturated heterocycles. The maximum Gasteiger partial charge on any atom is 0.251 e. The second-order valence-corrected chi connectivity index (χ2v) is 8.55. The van der Waals surface area contributed by atoms with E-state index in [1.165, 1.54) is 11.1 Å². The highest BCUT2D eigenvalue weighted by molar-refractivity contribution is 5.94. The number of nitrogens with zero attached hydrogens (tertiary/aromatic N) is 4. The number of hydrogen-bond donors (Lipinski definition) is 1. The minimum Gasteiger partial charge on any atom is -0.348 e. The van der Waals surface area contributed by atoms with Gasteiger partial charge in [0.15, 0.2) is 0 Å². The fourth-order valence-corrected chi connectivity index (χ4v) is 4.31. The van der Waals surface area contributed by atoms with Crippen LogP contribution in [0.4, 0.5) is 0 Å². The summed E-state index contributed by atoms with van der Waals surface area (Å²) in [6.45, 7) is 13.3. The zero-order valence-corrected chi connectivity index (χ0v) is 19.3. The van der Waals surface area contributed by atoms with Gasteiger partial charge in [-0.2, -0.15) is 5.10 Å². The lowest BCUT2D eigenvalue weighted by atomic mass is 10.1. The molecule has 32 heavy (non-hydrogen) atoms. The Balaban J connectivity index is 1.36. The van der Waals surface area contributed by atoms with E-state index in [0.29, 0.717) is 12.1 Å². The van der Waals surface area contributed by atoms with Gasteiger partial charge in [-0.15, -0.1) is 0 Å². The first kappa shape index (κ1) is 22.2. The lowest BCUT2D eigenvalue weighted by Crippen LogP contribution is -2.45. The molecule has 1 aliphatic heterocycles. The predicted molar refractivity (Wildman–Crippen MR) is 128 cm³/mol. The molecule has 1 aliphatic rings. The van der Waals surface area contributed by atoms with E-state index in [9.17, 15) is 4.79 Å². The minimum absolute atomic E-state index is 0.0590. The van der Waals surface area contributed by atoms with Crippen molar-refractivity contribution in [1.82, 2.24) is 24.9 Å². The Morgan fingerprint density at radius 1 is 0.938 bits per heavy atom. The predicted octanol–water partition coefficient (Wildman–Crippen LogP) is 3.56. The molecule has 0 radical (unpaired) electrons. The fourth-order valence-electron chi connectivity index (χ4n) is 4.31. The van der Waals surface area contributed by atoms with Crippen LogP contribution in [0.5, 0.6) is 0 Å². The molecular weight excluding hydrogens is 398 g/mol. The number of piperazine rings is 1. The molecule has 6 nitrogen and oxygen atoms in total. The lowest BCUT2D eigenvalue weighted by Gasteiger charge is -2.34. The van der Waals surface area contributed by atoms with Gasteiger partial charge in [0.1, 0.15) is 0 Å². The number of aryl methyl sites for hydroxylation is 2. The molecule has 6 heteroatoms. The highest BCUT2D eigenvalue weighted by atomic mass is 16.1. The van der Waals surface area contributed by atoms with E-state index in [0.717, 1.165) is 56.3 Å². The summed E-state index contributed by atoms with van der Waals surface area (Å²) in [6.07, 6.45) is 0. The summed E-state index contributed by atoms with van der Waals surface area (Å²) in [5.41, 5.74) is 6.14. The van der Waals surface area contributed by atoms with Gasteiger partial charge in [-0.25, -0.2) is 4.68 Å². The standard InChI is InChI=1S/C26H33N5O/c1-4-29-13-15-30(16-14-29)19-24-8-6-5-7-23(24)18-27-26(32)22-9-11-25(12-10-22)31-21(3)17-20(2)28-31/h5-12,17H,4,13-16,18-19H2,1-3H3,(H,27,32). The van der Waals surface area contributed by atoms with Crippen molar-refractivity contribution in [3.05, 3.63) is 82.7 Å². The number of aromatic nitrogens is 2. The smallest absolute Gasteiger partial charge is 0.251 e. The number of carbonyl (C=O) groups excluding carboxylic acids is 1. The van der Waals surface area contributed by atoms with Gasteiger partial charge >= 0.3 is 0 Å². The molecular formula is C26H33N5O. The third kappa shape index (κ3) is 5.26. The Morgan fingerprint density at radius 2 is 1.59 bits per heavy atom. The molecule has 1 N–H and O–H groups in total. The van der Waals surface area contributed by atoms with E-state index < -0.39 is 0 Å². The molecule has 1 aromatic heterocycles. The molecule has 0 spiro atoms. The quantitative estimate of drug-likeness (QED) is 0.622. The Kier molecular flexibility index (Phi) is 7.02. The van der Waals surface area contributed by atoms with Crippen LogP contribution in [0.15, 0.2) is 54.6 Å². The Morgan fingerprint density at radius 3 is 2.22 bits per heavy atom. The second kappa shape index (κ2) is 10.1. The third-order valence-corrected chi connectivity index (χ3v) is 6.25. The summed E-state index contributed by atoms with van der Waals surface area (Å²) >= 11 is 0. The molecule has 2 aromatic carbocycles. The zero-order valence-electron chi connectivity index (χ0n) is 19.3. The molecule has 1 amide bonds. The van der Waals surface area contributed by atoms with Gasteiger partial charge in [0, 0.05) is 50.5 Å². The van der Waals surface area contributed by atoms with Crippen molar-refractivity contribution in [3.63, 3.8) is 0 Å². The Labute approximate surface area is 190 Å². The lowest BCUT2D eigenvalue weighted by molar-refractivity contribution is 0.0950. The Bertz CT molecular complexity index is 1050. The van der Waals surface area contributed by atoms with E-state index in [2.05, 4.69) is 45.3 Å². The number of benzene rings is 2. The van der Waals surface area contributed by atoms with E-state index >= 15 is 0 Å². The van der Waals surface area contributed by atoms with Gasteiger partial charge in [0.05, 0.1) is 11.4 Å². The van der Waals surface area contributed by atoms with Crippen molar-refractivity contribution in [2.45, 2.75) is 33.9 Å². The number of carbonyl (C=O) groups is 1. The molecule has 168 valence electrons. The molecule has 0 unspecified atom stereocenters. The highest BCUT2D eigenvalue weighted by Crippen LogP contribution is 2.15. The van der Waals surface area contributed by atoms with Crippen molar-refractivity contribution in [2.24, 2.45) is 0 Å². The van der Waals surface area contributed by atoms with Crippen LogP contribution < -0.4 is 5.32 Å².